The van der Waals surface area contributed by atoms with Crippen molar-refractivity contribution < 1.29 is 10.9 Å². The van der Waals surface area contributed by atoms with E-state index in [2.05, 4.69) is 23.5 Å². The highest BCUT2D eigenvalue weighted by atomic mass is 16.5. The maximum atomic E-state index is 9.74. The summed E-state index contributed by atoms with van der Waals surface area (Å²) < 4.78 is 11.3. The van der Waals surface area contributed by atoms with E-state index in [0.717, 1.165) is 25.7 Å². The highest BCUT2D eigenvalue weighted by molar-refractivity contribution is 5.37. The average molecular weight is 155 g/mol. The standard InChI is InChI=1S/C9H14O2/c1-2-3-4-5-6-7-8-11-9-10/h9H,2-5,8H2,1H3/i8D/t8-/m1/s1. The van der Waals surface area contributed by atoms with Crippen LogP contribution in [0.1, 0.15) is 34.0 Å². The van der Waals surface area contributed by atoms with Crippen molar-refractivity contribution in [2.75, 3.05) is 6.58 Å². The number of hydrogen-bond acceptors (Lipinski definition) is 2. The minimum absolute atomic E-state index is 0.248. The molecule has 0 bridgehead atoms. The van der Waals surface area contributed by atoms with Crippen LogP contribution in [-0.4, -0.2) is 13.1 Å². The van der Waals surface area contributed by atoms with E-state index in [1.807, 2.05) is 0 Å². The highest BCUT2D eigenvalue weighted by Gasteiger charge is 1.80. The first-order valence-corrected chi connectivity index (χ1v) is 3.81. The maximum absolute atomic E-state index is 9.74. The molecule has 1 atom stereocenters. The molecule has 0 radical (unpaired) electrons. The van der Waals surface area contributed by atoms with Gasteiger partial charge in [-0.2, -0.15) is 0 Å². The van der Waals surface area contributed by atoms with Crippen LogP contribution < -0.4 is 0 Å². The summed E-state index contributed by atoms with van der Waals surface area (Å²) in [4.78, 5) is 9.74. The molecule has 0 spiro atoms. The van der Waals surface area contributed by atoms with E-state index < -0.39 is 6.58 Å². The Balaban J connectivity index is 3.37. The lowest BCUT2D eigenvalue weighted by Crippen LogP contribution is -1.85. The molecule has 0 aromatic rings. The van der Waals surface area contributed by atoms with Crippen LogP contribution in [0.15, 0.2) is 0 Å². The quantitative estimate of drug-likeness (QED) is 0.343. The smallest absolute Gasteiger partial charge is 0.294 e. The van der Waals surface area contributed by atoms with Crippen LogP contribution in [0, 0.1) is 11.8 Å². The van der Waals surface area contributed by atoms with Gasteiger partial charge in [0, 0.05) is 6.42 Å². The van der Waals surface area contributed by atoms with E-state index in [9.17, 15) is 4.79 Å². The number of ether oxygens (including phenoxy) is 1. The van der Waals surface area contributed by atoms with Gasteiger partial charge in [-0.25, -0.2) is 0 Å². The molecule has 0 aromatic carbocycles. The number of unbranched alkanes of at least 4 members (excludes halogenated alkanes) is 3. The van der Waals surface area contributed by atoms with E-state index in [-0.39, 0.29) is 6.47 Å². The summed E-state index contributed by atoms with van der Waals surface area (Å²) in [6.07, 6.45) is 4.16. The van der Waals surface area contributed by atoms with Gasteiger partial charge in [0.25, 0.3) is 6.47 Å². The normalized spacial score (nSPS) is 12.3. The number of carbonyl (C=O) groups is 1. The van der Waals surface area contributed by atoms with Gasteiger partial charge in [0.15, 0.2) is 6.58 Å². The fraction of sp³-hybridized carbons (Fsp3) is 0.667. The Labute approximate surface area is 69.3 Å². The highest BCUT2D eigenvalue weighted by Crippen LogP contribution is 1.96. The minimum atomic E-state index is -1.01. The van der Waals surface area contributed by atoms with Crippen molar-refractivity contribution in [3.63, 3.8) is 0 Å². The third kappa shape index (κ3) is 9.03. The van der Waals surface area contributed by atoms with Gasteiger partial charge in [0.2, 0.25) is 0 Å². The molecule has 0 unspecified atom stereocenters. The second kappa shape index (κ2) is 9.03. The summed E-state index contributed by atoms with van der Waals surface area (Å²) >= 11 is 0. The van der Waals surface area contributed by atoms with Crippen LogP contribution >= 0.6 is 0 Å². The fourth-order valence-corrected chi connectivity index (χ4v) is 0.639. The summed E-state index contributed by atoms with van der Waals surface area (Å²) in [5.41, 5.74) is 0. The monoisotopic (exact) mass is 155 g/mol. The molecule has 0 aromatic heterocycles. The van der Waals surface area contributed by atoms with Gasteiger partial charge in [-0.05, 0) is 6.42 Å². The second-order valence-electron chi connectivity index (χ2n) is 2.13. The van der Waals surface area contributed by atoms with Crippen molar-refractivity contribution in [1.29, 1.82) is 0 Å². The fourth-order valence-electron chi connectivity index (χ4n) is 0.639. The molecule has 0 N–H and O–H groups in total. The Hall–Kier alpha value is -0.970. The maximum Gasteiger partial charge on any atom is 0.294 e. The van der Waals surface area contributed by atoms with E-state index in [1.165, 1.54) is 0 Å². The zero-order valence-electron chi connectivity index (χ0n) is 7.80. The molecule has 2 nitrogen and oxygen atoms in total. The topological polar surface area (TPSA) is 26.3 Å². The summed E-state index contributed by atoms with van der Waals surface area (Å²) in [5, 5.41) is 0. The van der Waals surface area contributed by atoms with Crippen molar-refractivity contribution in [2.24, 2.45) is 0 Å². The average Bonchev–Trinajstić information content (AvgIpc) is 2.05. The molecule has 0 aliphatic rings. The van der Waals surface area contributed by atoms with Gasteiger partial charge in [-0.15, -0.1) is 0 Å². The summed E-state index contributed by atoms with van der Waals surface area (Å²) in [7, 11) is 0. The van der Waals surface area contributed by atoms with Gasteiger partial charge in [-0.1, -0.05) is 31.6 Å². The molecule has 62 valence electrons. The summed E-state index contributed by atoms with van der Waals surface area (Å²) in [6, 6.07) is 0. The van der Waals surface area contributed by atoms with Gasteiger partial charge in [-0.3, -0.25) is 4.79 Å². The molecule has 0 fully saturated rings. The molecule has 0 heterocycles. The first-order chi connectivity index (χ1) is 5.81. The van der Waals surface area contributed by atoms with Crippen LogP contribution in [0.4, 0.5) is 0 Å². The Morgan fingerprint density at radius 2 is 2.36 bits per heavy atom. The summed E-state index contributed by atoms with van der Waals surface area (Å²) in [6.45, 7) is 1.36. The molecule has 2 heteroatoms. The second-order valence-corrected chi connectivity index (χ2v) is 2.13. The van der Waals surface area contributed by atoms with Gasteiger partial charge >= 0.3 is 0 Å². The first kappa shape index (κ1) is 8.13. The number of hydrogen-bond donors (Lipinski definition) is 0. The molecule has 0 rings (SSSR count). The predicted molar refractivity (Wildman–Crippen MR) is 43.9 cm³/mol. The Kier molecular flexibility index (Phi) is 6.67. The van der Waals surface area contributed by atoms with Crippen LogP contribution in [0.3, 0.4) is 0 Å². The predicted octanol–water partition coefficient (Wildman–Crippen LogP) is 1.74. The zero-order valence-corrected chi connectivity index (χ0v) is 6.80. The molecule has 0 aliphatic heterocycles. The first-order valence-electron chi connectivity index (χ1n) is 4.38. The molecule has 0 amide bonds. The molecule has 0 aliphatic carbocycles. The molecule has 11 heavy (non-hydrogen) atoms. The zero-order chi connectivity index (χ0) is 9.23. The van der Waals surface area contributed by atoms with Crippen molar-refractivity contribution in [1.82, 2.24) is 0 Å². The van der Waals surface area contributed by atoms with Crippen molar-refractivity contribution in [3.8, 4) is 11.8 Å². The lowest BCUT2D eigenvalue weighted by Gasteiger charge is -1.88. The van der Waals surface area contributed by atoms with Crippen molar-refractivity contribution in [2.45, 2.75) is 32.6 Å². The lowest BCUT2D eigenvalue weighted by atomic mass is 10.2. The lowest BCUT2D eigenvalue weighted by molar-refractivity contribution is -0.127. The van der Waals surface area contributed by atoms with Gasteiger partial charge in [0.05, 0.1) is 1.37 Å². The number of carbonyl (C=O) groups excluding carboxylic acids is 1. The molecule has 0 saturated carbocycles. The van der Waals surface area contributed by atoms with Gasteiger partial charge in [0.1, 0.15) is 0 Å². The van der Waals surface area contributed by atoms with Gasteiger partial charge < -0.3 is 4.74 Å². The molecular formula is C9H14O2. The third-order valence-corrected chi connectivity index (χ3v) is 1.19. The van der Waals surface area contributed by atoms with Crippen molar-refractivity contribution >= 4 is 6.47 Å². The third-order valence-electron chi connectivity index (χ3n) is 1.19. The summed E-state index contributed by atoms with van der Waals surface area (Å²) in [5.74, 6) is 5.29. The van der Waals surface area contributed by atoms with Crippen LogP contribution in [0.5, 0.6) is 0 Å². The Bertz CT molecular complexity index is 169. The van der Waals surface area contributed by atoms with Crippen LogP contribution in [-0.2, 0) is 9.53 Å². The van der Waals surface area contributed by atoms with Crippen LogP contribution in [0.25, 0.3) is 0 Å². The largest absolute Gasteiger partial charge is 0.455 e. The Morgan fingerprint density at radius 3 is 3.00 bits per heavy atom. The van der Waals surface area contributed by atoms with E-state index in [0.29, 0.717) is 0 Å². The molecule has 0 saturated heterocycles. The van der Waals surface area contributed by atoms with E-state index in [4.69, 9.17) is 1.37 Å². The van der Waals surface area contributed by atoms with Crippen LogP contribution in [0.2, 0.25) is 0 Å². The number of rotatable bonds is 5. The van der Waals surface area contributed by atoms with Crippen molar-refractivity contribution in [3.05, 3.63) is 0 Å². The minimum Gasteiger partial charge on any atom is -0.455 e. The van der Waals surface area contributed by atoms with E-state index in [1.54, 1.807) is 0 Å². The Morgan fingerprint density at radius 1 is 1.55 bits per heavy atom. The van der Waals surface area contributed by atoms with E-state index >= 15 is 0 Å². The molecular weight excluding hydrogens is 140 g/mol. The SMILES string of the molecule is [2H][C@H](C#CCCCCC)OC=O.